The molecule has 0 bridgehead atoms. The zero-order chi connectivity index (χ0) is 30.2. The summed E-state index contributed by atoms with van der Waals surface area (Å²) >= 11 is 4.33. The first-order valence-corrected chi connectivity index (χ1v) is 16.6. The summed E-state index contributed by atoms with van der Waals surface area (Å²) in [7, 11) is 2.02. The summed E-state index contributed by atoms with van der Waals surface area (Å²) in [6, 6.07) is 16.3. The maximum atomic E-state index is 13.1. The molecule has 4 rings (SSSR count). The minimum absolute atomic E-state index is 0.0539. The number of hydrogen-bond acceptors (Lipinski definition) is 6. The minimum atomic E-state index is -0.0539. The summed E-state index contributed by atoms with van der Waals surface area (Å²) in [5.74, 6) is 1.85. The topological polar surface area (TPSA) is 87.5 Å². The summed E-state index contributed by atoms with van der Waals surface area (Å²) in [5.41, 5.74) is 12.1. The third-order valence-corrected chi connectivity index (χ3v) is 8.99. The van der Waals surface area contributed by atoms with Crippen LogP contribution in [0.4, 0.5) is 5.69 Å². The Kier molecular flexibility index (Phi) is 15.0. The third-order valence-electron chi connectivity index (χ3n) is 8.47. The molecular weight excluding hydrogens is 540 g/mol. The number of benzene rings is 2. The van der Waals surface area contributed by atoms with Crippen molar-refractivity contribution in [2.24, 2.45) is 11.7 Å². The molecule has 1 aliphatic carbocycles. The van der Waals surface area contributed by atoms with Crippen LogP contribution in [-0.4, -0.2) is 37.6 Å². The lowest BCUT2D eigenvalue weighted by atomic mass is 9.92. The number of fused-ring (bicyclic) bond motifs is 2. The van der Waals surface area contributed by atoms with Gasteiger partial charge in [0.25, 0.3) is 0 Å². The van der Waals surface area contributed by atoms with Gasteiger partial charge < -0.3 is 26.1 Å². The average molecular weight is 593 g/mol. The zero-order valence-electron chi connectivity index (χ0n) is 25.7. The summed E-state index contributed by atoms with van der Waals surface area (Å²) in [6.07, 6.45) is 13.9. The Morgan fingerprint density at radius 2 is 1.76 bits per heavy atom. The third kappa shape index (κ3) is 9.91. The molecule has 1 aliphatic heterocycles. The number of amides is 1. The van der Waals surface area contributed by atoms with Gasteiger partial charge in [-0.2, -0.15) is 12.6 Å². The van der Waals surface area contributed by atoms with E-state index in [2.05, 4.69) is 30.2 Å². The zero-order valence-corrected chi connectivity index (χ0v) is 26.6. The number of carbonyl (C=O) groups is 2. The van der Waals surface area contributed by atoms with E-state index in [0.29, 0.717) is 12.6 Å². The second-order valence-electron chi connectivity index (χ2n) is 11.5. The quantitative estimate of drug-likeness (QED) is 0.115. The number of para-hydroxylation sites is 1. The summed E-state index contributed by atoms with van der Waals surface area (Å²) < 4.78 is 0. The molecule has 2 aromatic rings. The summed E-state index contributed by atoms with van der Waals surface area (Å²) in [4.78, 5) is 25.7. The molecule has 6 nitrogen and oxygen atoms in total. The number of unbranched alkanes of at least 4 members (excludes halogenated alkanes) is 2. The van der Waals surface area contributed by atoms with E-state index in [1.807, 2.05) is 55.6 Å². The number of aldehydes is 1. The minimum Gasteiger partial charge on any atom is -0.397 e. The Hall–Kier alpha value is -2.77. The first-order chi connectivity index (χ1) is 20.5. The molecule has 0 radical (unpaired) electrons. The van der Waals surface area contributed by atoms with Crippen molar-refractivity contribution in [2.45, 2.75) is 96.6 Å². The maximum Gasteiger partial charge on any atom is 0.227 e. The van der Waals surface area contributed by atoms with Crippen LogP contribution < -0.4 is 21.3 Å². The van der Waals surface area contributed by atoms with Gasteiger partial charge in [0.15, 0.2) is 0 Å². The summed E-state index contributed by atoms with van der Waals surface area (Å²) in [6.45, 7) is 3.86. The van der Waals surface area contributed by atoms with Gasteiger partial charge in [-0.25, -0.2) is 0 Å². The lowest BCUT2D eigenvalue weighted by molar-refractivity contribution is -0.120. The van der Waals surface area contributed by atoms with Crippen molar-refractivity contribution in [1.82, 2.24) is 10.6 Å². The van der Waals surface area contributed by atoms with Gasteiger partial charge >= 0.3 is 0 Å². The van der Waals surface area contributed by atoms with Crippen molar-refractivity contribution in [3.63, 3.8) is 0 Å². The van der Waals surface area contributed by atoms with E-state index < -0.39 is 0 Å². The predicted octanol–water partition coefficient (Wildman–Crippen LogP) is 6.94. The van der Waals surface area contributed by atoms with E-state index in [0.717, 1.165) is 71.1 Å². The molecule has 0 aromatic heterocycles. The fraction of sp³-hybridized carbons (Fsp3) is 0.543. The number of nitrogens with two attached hydrogens (primary N) is 1. The molecule has 42 heavy (non-hydrogen) atoms. The first kappa shape index (κ1) is 33.7. The standard InChI is InChI=1S/C25H29N3O2.C10H23NS/c26-24-20-12-5-4-9-18(20)17-28(23(30)15-8-16-29)22-14-7-6-13-21(22)25(24)27-19-10-2-1-3-11-19;1-3-10(9-12)7-5-4-6-8-11-2/h4-7,9,12-14,16,19,27H,1-3,8,10-11,15,17,26H2;10-12H,3-9H2,1-2H3/b25-24-;. The van der Waals surface area contributed by atoms with Crippen LogP contribution in [-0.2, 0) is 16.1 Å². The lowest BCUT2D eigenvalue weighted by Crippen LogP contribution is -2.36. The van der Waals surface area contributed by atoms with Gasteiger partial charge in [0.1, 0.15) is 6.29 Å². The number of rotatable bonds is 13. The molecule has 2 aliphatic rings. The van der Waals surface area contributed by atoms with Gasteiger partial charge in [-0.15, -0.1) is 0 Å². The predicted molar refractivity (Wildman–Crippen MR) is 180 cm³/mol. The van der Waals surface area contributed by atoms with Gasteiger partial charge in [-0.3, -0.25) is 4.79 Å². The van der Waals surface area contributed by atoms with Crippen LogP contribution in [0.15, 0.2) is 48.5 Å². The largest absolute Gasteiger partial charge is 0.397 e. The Morgan fingerprint density at radius 3 is 2.45 bits per heavy atom. The van der Waals surface area contributed by atoms with Gasteiger partial charge in [-0.1, -0.05) is 87.9 Å². The highest BCUT2D eigenvalue weighted by Crippen LogP contribution is 2.36. The van der Waals surface area contributed by atoms with E-state index in [1.165, 1.54) is 51.4 Å². The fourth-order valence-corrected chi connectivity index (χ4v) is 6.30. The van der Waals surface area contributed by atoms with Crippen LogP contribution in [0.5, 0.6) is 0 Å². The molecule has 0 saturated heterocycles. The van der Waals surface area contributed by atoms with Gasteiger partial charge in [0.05, 0.1) is 23.6 Å². The monoisotopic (exact) mass is 592 g/mol. The number of anilines is 1. The molecule has 7 heteroatoms. The molecule has 1 atom stereocenters. The van der Waals surface area contributed by atoms with Crippen LogP contribution in [0, 0.1) is 5.92 Å². The highest BCUT2D eigenvalue weighted by molar-refractivity contribution is 7.80. The molecule has 4 N–H and O–H groups in total. The van der Waals surface area contributed by atoms with Crippen molar-refractivity contribution in [3.05, 3.63) is 65.2 Å². The molecule has 1 fully saturated rings. The molecule has 1 amide bonds. The van der Waals surface area contributed by atoms with Gasteiger partial charge in [-0.05, 0) is 62.6 Å². The Morgan fingerprint density at radius 1 is 1.05 bits per heavy atom. The fourth-order valence-electron chi connectivity index (χ4n) is 5.86. The smallest absolute Gasteiger partial charge is 0.227 e. The van der Waals surface area contributed by atoms with Crippen molar-refractivity contribution in [3.8, 4) is 0 Å². The highest BCUT2D eigenvalue weighted by Gasteiger charge is 2.27. The maximum absolute atomic E-state index is 13.1. The van der Waals surface area contributed by atoms with Gasteiger partial charge in [0.2, 0.25) is 5.91 Å². The number of nitrogens with zero attached hydrogens (tertiary/aromatic N) is 1. The SMILES string of the molecule is CCC(CS)CCCCCNC.N/C1=C(\NC2CCCCC2)c2ccccc2N(C(=O)CCC=O)Cc2ccccc21. The van der Waals surface area contributed by atoms with Crippen LogP contribution in [0.1, 0.15) is 101 Å². The molecule has 1 heterocycles. The van der Waals surface area contributed by atoms with E-state index >= 15 is 0 Å². The number of nitrogens with one attached hydrogen (secondary N) is 2. The lowest BCUT2D eigenvalue weighted by Gasteiger charge is -2.33. The van der Waals surface area contributed by atoms with Crippen molar-refractivity contribution in [1.29, 1.82) is 0 Å². The normalized spacial score (nSPS) is 17.5. The van der Waals surface area contributed by atoms with Crippen LogP contribution in [0.2, 0.25) is 0 Å². The van der Waals surface area contributed by atoms with E-state index in [4.69, 9.17) is 5.73 Å². The molecule has 0 spiro atoms. The van der Waals surface area contributed by atoms with E-state index in [-0.39, 0.29) is 18.7 Å². The molecule has 1 unspecified atom stereocenters. The molecule has 1 saturated carbocycles. The Balaban J connectivity index is 0.000000343. The first-order valence-electron chi connectivity index (χ1n) is 16.0. The second kappa shape index (κ2) is 18.7. The Labute approximate surface area is 259 Å². The highest BCUT2D eigenvalue weighted by atomic mass is 32.1. The molecule has 230 valence electrons. The molecular formula is C35H52N4O2S. The number of thiol groups is 1. The van der Waals surface area contributed by atoms with Crippen molar-refractivity contribution < 1.29 is 9.59 Å². The van der Waals surface area contributed by atoms with E-state index in [1.54, 1.807) is 4.90 Å². The van der Waals surface area contributed by atoms with Gasteiger partial charge in [0, 0.05) is 30.0 Å². The Bertz CT molecular complexity index is 1140. The summed E-state index contributed by atoms with van der Waals surface area (Å²) in [5, 5.41) is 6.90. The number of hydrogen-bond donors (Lipinski definition) is 4. The van der Waals surface area contributed by atoms with Crippen LogP contribution >= 0.6 is 12.6 Å². The average Bonchev–Trinajstić information content (AvgIpc) is 3.03. The van der Waals surface area contributed by atoms with Crippen LogP contribution in [0.3, 0.4) is 0 Å². The molecule has 2 aromatic carbocycles. The second-order valence-corrected chi connectivity index (χ2v) is 11.9. The number of carbonyl (C=O) groups excluding carboxylic acids is 2. The van der Waals surface area contributed by atoms with Crippen molar-refractivity contribution in [2.75, 3.05) is 24.2 Å². The van der Waals surface area contributed by atoms with E-state index in [9.17, 15) is 9.59 Å². The van der Waals surface area contributed by atoms with Crippen LogP contribution in [0.25, 0.3) is 11.4 Å². The van der Waals surface area contributed by atoms with Crippen molar-refractivity contribution >= 4 is 41.9 Å².